The average Bonchev–Trinajstić information content (AvgIpc) is 2.70. The normalized spacial score (nSPS) is 19.0. The maximum Gasteiger partial charge on any atom is 0.293 e. The van der Waals surface area contributed by atoms with Gasteiger partial charge in [0.2, 0.25) is 0 Å². The van der Waals surface area contributed by atoms with Crippen molar-refractivity contribution in [2.24, 2.45) is 5.41 Å². The van der Waals surface area contributed by atoms with Gasteiger partial charge >= 0.3 is 0 Å². The van der Waals surface area contributed by atoms with Crippen molar-refractivity contribution in [3.8, 4) is 0 Å². The number of hydrogen-bond donors (Lipinski definition) is 0. The van der Waals surface area contributed by atoms with E-state index in [0.29, 0.717) is 19.5 Å². The van der Waals surface area contributed by atoms with Gasteiger partial charge < -0.3 is 4.74 Å². The van der Waals surface area contributed by atoms with E-state index < -0.39 is 0 Å². The number of rotatable bonds is 5. The minimum absolute atomic E-state index is 0.122. The molecule has 1 fully saturated rings. The monoisotopic (exact) mass is 156 g/mol. The van der Waals surface area contributed by atoms with Crippen LogP contribution in [-0.2, 0) is 14.3 Å². The molecule has 0 atom stereocenters. The first-order chi connectivity index (χ1) is 5.21. The van der Waals surface area contributed by atoms with Gasteiger partial charge in [0.15, 0.2) is 0 Å². The fourth-order valence-electron chi connectivity index (χ4n) is 1.23. The van der Waals surface area contributed by atoms with Gasteiger partial charge in [-0.2, -0.15) is 0 Å². The maximum atomic E-state index is 11.0. The summed E-state index contributed by atoms with van der Waals surface area (Å²) in [7, 11) is 0. The third-order valence-corrected chi connectivity index (χ3v) is 2.37. The van der Waals surface area contributed by atoms with E-state index in [1.54, 1.807) is 6.92 Å². The first-order valence-corrected chi connectivity index (χ1v) is 3.77. The summed E-state index contributed by atoms with van der Waals surface area (Å²) in [5.74, 6) is 0.229. The van der Waals surface area contributed by atoms with Gasteiger partial charge in [-0.15, -0.1) is 0 Å². The second-order valence-electron chi connectivity index (χ2n) is 3.05. The fraction of sp³-hybridized carbons (Fsp3) is 0.750. The zero-order chi connectivity index (χ0) is 8.32. The summed E-state index contributed by atoms with van der Waals surface area (Å²) in [6.07, 6.45) is 2.62. The Hall–Kier alpha value is -0.860. The number of carbonyl (C=O) groups excluding carboxylic acids is 2. The van der Waals surface area contributed by atoms with Gasteiger partial charge in [0.05, 0.1) is 6.61 Å². The molecule has 0 aromatic rings. The molecule has 0 saturated heterocycles. The SMILES string of the molecule is CC(=O)C1(CCOC=O)CC1. The van der Waals surface area contributed by atoms with Crippen LogP contribution >= 0.6 is 0 Å². The summed E-state index contributed by atoms with van der Waals surface area (Å²) in [5.41, 5.74) is -0.122. The highest BCUT2D eigenvalue weighted by molar-refractivity contribution is 5.84. The Kier molecular flexibility index (Phi) is 2.27. The van der Waals surface area contributed by atoms with Crippen LogP contribution in [-0.4, -0.2) is 18.9 Å². The molecule has 0 radical (unpaired) electrons. The van der Waals surface area contributed by atoms with E-state index in [4.69, 9.17) is 0 Å². The highest BCUT2D eigenvalue weighted by Gasteiger charge is 2.46. The number of Topliss-reactive ketones (excluding diaryl/α,β-unsaturated/α-hetero) is 1. The van der Waals surface area contributed by atoms with Crippen LogP contribution in [0.15, 0.2) is 0 Å². The van der Waals surface area contributed by atoms with E-state index in [-0.39, 0.29) is 11.2 Å². The zero-order valence-corrected chi connectivity index (χ0v) is 6.63. The second kappa shape index (κ2) is 3.03. The molecular weight excluding hydrogens is 144 g/mol. The Morgan fingerprint density at radius 3 is 2.64 bits per heavy atom. The molecule has 1 aliphatic carbocycles. The molecule has 3 nitrogen and oxygen atoms in total. The molecule has 3 heteroatoms. The summed E-state index contributed by atoms with van der Waals surface area (Å²) in [4.78, 5) is 20.8. The van der Waals surface area contributed by atoms with Crippen LogP contribution in [0, 0.1) is 5.41 Å². The highest BCUT2D eigenvalue weighted by atomic mass is 16.5. The van der Waals surface area contributed by atoms with Crippen molar-refractivity contribution in [1.29, 1.82) is 0 Å². The third kappa shape index (κ3) is 1.79. The summed E-state index contributed by atoms with van der Waals surface area (Å²) in [6.45, 7) is 2.41. The van der Waals surface area contributed by atoms with Crippen LogP contribution in [0.1, 0.15) is 26.2 Å². The van der Waals surface area contributed by atoms with Crippen molar-refractivity contribution in [3.63, 3.8) is 0 Å². The van der Waals surface area contributed by atoms with E-state index in [9.17, 15) is 9.59 Å². The molecule has 62 valence electrons. The smallest absolute Gasteiger partial charge is 0.293 e. The van der Waals surface area contributed by atoms with Crippen LogP contribution in [0.3, 0.4) is 0 Å². The summed E-state index contributed by atoms with van der Waals surface area (Å²) in [5, 5.41) is 0. The summed E-state index contributed by atoms with van der Waals surface area (Å²) < 4.78 is 4.53. The Balaban J connectivity index is 2.25. The second-order valence-corrected chi connectivity index (χ2v) is 3.05. The zero-order valence-electron chi connectivity index (χ0n) is 6.63. The molecule has 0 spiro atoms. The largest absolute Gasteiger partial charge is 0.468 e. The number of carbonyl (C=O) groups is 2. The van der Waals surface area contributed by atoms with Gasteiger partial charge in [0.25, 0.3) is 6.47 Å². The van der Waals surface area contributed by atoms with E-state index in [2.05, 4.69) is 4.74 Å². The van der Waals surface area contributed by atoms with Gasteiger partial charge in [-0.3, -0.25) is 9.59 Å². The van der Waals surface area contributed by atoms with Gasteiger partial charge in [-0.25, -0.2) is 0 Å². The lowest BCUT2D eigenvalue weighted by atomic mass is 9.99. The number of hydrogen-bond acceptors (Lipinski definition) is 3. The standard InChI is InChI=1S/C8H12O3/c1-7(10)8(2-3-8)4-5-11-6-9/h6H,2-5H2,1H3. The number of ether oxygens (including phenoxy) is 1. The highest BCUT2D eigenvalue weighted by Crippen LogP contribution is 2.49. The Labute approximate surface area is 65.7 Å². The molecule has 0 heterocycles. The van der Waals surface area contributed by atoms with Crippen molar-refractivity contribution in [3.05, 3.63) is 0 Å². The van der Waals surface area contributed by atoms with Crippen LogP contribution in [0.2, 0.25) is 0 Å². The first-order valence-electron chi connectivity index (χ1n) is 3.77. The van der Waals surface area contributed by atoms with Crippen LogP contribution in [0.5, 0.6) is 0 Å². The van der Waals surface area contributed by atoms with Crippen molar-refractivity contribution in [1.82, 2.24) is 0 Å². The molecule has 0 bridgehead atoms. The molecule has 0 amide bonds. The quantitative estimate of drug-likeness (QED) is 0.439. The fourth-order valence-corrected chi connectivity index (χ4v) is 1.23. The van der Waals surface area contributed by atoms with Crippen molar-refractivity contribution in [2.75, 3.05) is 6.61 Å². The van der Waals surface area contributed by atoms with Crippen molar-refractivity contribution < 1.29 is 14.3 Å². The van der Waals surface area contributed by atoms with Crippen molar-refractivity contribution >= 4 is 12.3 Å². The van der Waals surface area contributed by atoms with E-state index in [1.165, 1.54) is 0 Å². The summed E-state index contributed by atoms with van der Waals surface area (Å²) >= 11 is 0. The van der Waals surface area contributed by atoms with E-state index in [1.807, 2.05) is 0 Å². The van der Waals surface area contributed by atoms with Crippen LogP contribution < -0.4 is 0 Å². The van der Waals surface area contributed by atoms with E-state index >= 15 is 0 Å². The lowest BCUT2D eigenvalue weighted by molar-refractivity contribution is -0.131. The van der Waals surface area contributed by atoms with E-state index in [0.717, 1.165) is 12.8 Å². The summed E-state index contributed by atoms with van der Waals surface area (Å²) in [6, 6.07) is 0. The topological polar surface area (TPSA) is 43.4 Å². The molecule has 1 rings (SSSR count). The van der Waals surface area contributed by atoms with Gasteiger partial charge in [-0.05, 0) is 26.2 Å². The minimum Gasteiger partial charge on any atom is -0.468 e. The predicted octanol–water partition coefficient (Wildman–Crippen LogP) is 0.919. The molecule has 11 heavy (non-hydrogen) atoms. The predicted molar refractivity (Wildman–Crippen MR) is 39.0 cm³/mol. The molecule has 0 N–H and O–H groups in total. The number of ketones is 1. The van der Waals surface area contributed by atoms with Gasteiger partial charge in [-0.1, -0.05) is 0 Å². The van der Waals surface area contributed by atoms with Gasteiger partial charge in [0.1, 0.15) is 5.78 Å². The average molecular weight is 156 g/mol. The third-order valence-electron chi connectivity index (χ3n) is 2.37. The molecular formula is C8H12O3. The molecule has 1 aliphatic rings. The molecule has 0 aromatic carbocycles. The lowest BCUT2D eigenvalue weighted by Gasteiger charge is -2.08. The Morgan fingerprint density at radius 1 is 1.64 bits per heavy atom. The lowest BCUT2D eigenvalue weighted by Crippen LogP contribution is -2.14. The van der Waals surface area contributed by atoms with Crippen molar-refractivity contribution in [2.45, 2.75) is 26.2 Å². The molecule has 0 aromatic heterocycles. The van der Waals surface area contributed by atoms with Gasteiger partial charge in [0, 0.05) is 5.41 Å². The minimum atomic E-state index is -0.122. The Bertz CT molecular complexity index is 170. The Morgan fingerprint density at radius 2 is 2.27 bits per heavy atom. The molecule has 1 saturated carbocycles. The van der Waals surface area contributed by atoms with Crippen LogP contribution in [0.4, 0.5) is 0 Å². The van der Waals surface area contributed by atoms with Crippen LogP contribution in [0.25, 0.3) is 0 Å². The maximum absolute atomic E-state index is 11.0. The molecule has 0 aliphatic heterocycles. The first kappa shape index (κ1) is 8.24. The molecule has 0 unspecified atom stereocenters.